The van der Waals surface area contributed by atoms with Gasteiger partial charge in [0.25, 0.3) is 5.92 Å². The second kappa shape index (κ2) is 4.46. The maximum Gasteiger partial charge on any atom is 0.266 e. The largest absolute Gasteiger partial charge is 0.375 e. The number of nitrogens with zero attached hydrogens (tertiary/aromatic N) is 1. The molecule has 0 radical (unpaired) electrons. The van der Waals surface area contributed by atoms with E-state index in [0.29, 0.717) is 13.0 Å². The van der Waals surface area contributed by atoms with E-state index < -0.39 is 30.2 Å². The van der Waals surface area contributed by atoms with E-state index in [1.165, 1.54) is 7.11 Å². The Morgan fingerprint density at radius 3 is 2.78 bits per heavy atom. The van der Waals surface area contributed by atoms with Gasteiger partial charge in [0.15, 0.2) is 0 Å². The fraction of sp³-hybridized carbons (Fsp3) is 0.818. The highest BCUT2D eigenvalue weighted by molar-refractivity contribution is 5.86. The molecule has 1 spiro atoms. The smallest absolute Gasteiger partial charge is 0.266 e. The van der Waals surface area contributed by atoms with Gasteiger partial charge in [-0.2, -0.15) is 0 Å². The zero-order valence-corrected chi connectivity index (χ0v) is 10.2. The van der Waals surface area contributed by atoms with E-state index in [9.17, 15) is 18.4 Å². The minimum absolute atomic E-state index is 0.0522. The first-order valence-electron chi connectivity index (χ1n) is 5.81. The van der Waals surface area contributed by atoms with Gasteiger partial charge in [0.05, 0.1) is 12.0 Å². The van der Waals surface area contributed by atoms with Crippen molar-refractivity contribution in [3.8, 4) is 0 Å². The van der Waals surface area contributed by atoms with Gasteiger partial charge in [0.1, 0.15) is 6.61 Å². The van der Waals surface area contributed by atoms with Crippen LogP contribution in [0.4, 0.5) is 8.78 Å². The molecule has 0 aromatic carbocycles. The Morgan fingerprint density at radius 2 is 2.22 bits per heavy atom. The third-order valence-corrected chi connectivity index (χ3v) is 3.50. The summed E-state index contributed by atoms with van der Waals surface area (Å²) in [5.41, 5.74) is -1.13. The number of likely N-dealkylation sites (tertiary alicyclic amines) is 1. The molecule has 18 heavy (non-hydrogen) atoms. The second-order valence-corrected chi connectivity index (χ2v) is 5.00. The lowest BCUT2D eigenvalue weighted by atomic mass is 9.77. The average molecular weight is 262 g/mol. The van der Waals surface area contributed by atoms with Gasteiger partial charge >= 0.3 is 0 Å². The number of piperidine rings is 1. The van der Waals surface area contributed by atoms with E-state index in [1.807, 2.05) is 0 Å². The molecule has 102 valence electrons. The summed E-state index contributed by atoms with van der Waals surface area (Å²) in [4.78, 5) is 24.5. The molecule has 2 saturated heterocycles. The van der Waals surface area contributed by atoms with Crippen LogP contribution >= 0.6 is 0 Å². The van der Waals surface area contributed by atoms with Crippen LogP contribution in [0, 0.1) is 5.41 Å². The summed E-state index contributed by atoms with van der Waals surface area (Å²) >= 11 is 0. The quantitative estimate of drug-likeness (QED) is 0.762. The first-order valence-corrected chi connectivity index (χ1v) is 5.81. The van der Waals surface area contributed by atoms with Gasteiger partial charge in [-0.1, -0.05) is 0 Å². The molecule has 2 aliphatic heterocycles. The van der Waals surface area contributed by atoms with Crippen molar-refractivity contribution < 1.29 is 23.1 Å². The van der Waals surface area contributed by atoms with Crippen molar-refractivity contribution in [2.24, 2.45) is 5.41 Å². The molecule has 0 saturated carbocycles. The predicted octanol–water partition coefficient (Wildman–Crippen LogP) is 0.00670. The van der Waals surface area contributed by atoms with E-state index in [-0.39, 0.29) is 19.1 Å². The van der Waals surface area contributed by atoms with Crippen molar-refractivity contribution >= 4 is 11.8 Å². The number of nitrogens with one attached hydrogen (secondary N) is 1. The minimum atomic E-state index is -3.02. The average Bonchev–Trinajstić information content (AvgIpc) is 2.58. The molecule has 7 heteroatoms. The van der Waals surface area contributed by atoms with E-state index in [4.69, 9.17) is 0 Å². The zero-order chi connectivity index (χ0) is 13.4. The summed E-state index contributed by atoms with van der Waals surface area (Å²) in [7, 11) is 1.33. The maximum atomic E-state index is 13.7. The summed E-state index contributed by atoms with van der Waals surface area (Å²) in [5.74, 6) is -3.91. The molecule has 0 aliphatic carbocycles. The van der Waals surface area contributed by atoms with Crippen LogP contribution in [-0.2, 0) is 14.3 Å². The number of hydrogen-bond donors (Lipinski definition) is 1. The lowest BCUT2D eigenvalue weighted by molar-refractivity contribution is -0.162. The Balaban J connectivity index is 2.19. The highest BCUT2D eigenvalue weighted by Crippen LogP contribution is 2.43. The molecule has 2 heterocycles. The van der Waals surface area contributed by atoms with Gasteiger partial charge < -0.3 is 15.0 Å². The first-order chi connectivity index (χ1) is 8.38. The fourth-order valence-electron chi connectivity index (χ4n) is 2.73. The monoisotopic (exact) mass is 262 g/mol. The molecule has 1 N–H and O–H groups in total. The van der Waals surface area contributed by atoms with Gasteiger partial charge in [0, 0.05) is 26.6 Å². The second-order valence-electron chi connectivity index (χ2n) is 5.00. The number of methoxy groups -OCH3 is 1. The Bertz CT molecular complexity index is 375. The number of rotatable bonds is 2. The van der Waals surface area contributed by atoms with Crippen molar-refractivity contribution in [2.75, 3.05) is 33.4 Å². The molecule has 0 unspecified atom stereocenters. The maximum absolute atomic E-state index is 13.7. The van der Waals surface area contributed by atoms with Crippen LogP contribution in [0.3, 0.4) is 0 Å². The lowest BCUT2D eigenvalue weighted by Gasteiger charge is -2.42. The lowest BCUT2D eigenvalue weighted by Crippen LogP contribution is -2.57. The Hall–Kier alpha value is -1.24. The minimum Gasteiger partial charge on any atom is -0.375 e. The molecule has 2 amide bonds. The van der Waals surface area contributed by atoms with E-state index in [2.05, 4.69) is 10.1 Å². The number of carbonyl (C=O) groups is 2. The van der Waals surface area contributed by atoms with Crippen LogP contribution < -0.4 is 5.32 Å². The van der Waals surface area contributed by atoms with Gasteiger partial charge in [0.2, 0.25) is 11.8 Å². The molecule has 1 atom stereocenters. The number of alkyl halides is 2. The number of hydrogen-bond acceptors (Lipinski definition) is 3. The molecular formula is C11H16F2N2O3. The number of ether oxygens (including phenoxy) is 1. The third kappa shape index (κ3) is 2.31. The van der Waals surface area contributed by atoms with Crippen LogP contribution in [0.2, 0.25) is 0 Å². The molecule has 0 aromatic heterocycles. The molecule has 2 aliphatic rings. The molecule has 0 bridgehead atoms. The number of halogens is 2. The van der Waals surface area contributed by atoms with Gasteiger partial charge in [-0.3, -0.25) is 9.59 Å². The van der Waals surface area contributed by atoms with Crippen molar-refractivity contribution in [2.45, 2.75) is 18.8 Å². The van der Waals surface area contributed by atoms with Crippen molar-refractivity contribution in [1.82, 2.24) is 10.2 Å². The van der Waals surface area contributed by atoms with Crippen LogP contribution in [0.15, 0.2) is 0 Å². The van der Waals surface area contributed by atoms with Gasteiger partial charge in [-0.25, -0.2) is 8.78 Å². The first kappa shape index (κ1) is 13.2. The summed E-state index contributed by atoms with van der Waals surface area (Å²) in [6.07, 6.45) is -0.138. The van der Waals surface area contributed by atoms with E-state index in [0.717, 1.165) is 4.90 Å². The van der Waals surface area contributed by atoms with Gasteiger partial charge in [-0.05, 0) is 6.42 Å². The molecular weight excluding hydrogens is 246 g/mol. The summed E-state index contributed by atoms with van der Waals surface area (Å²) < 4.78 is 32.1. The Morgan fingerprint density at radius 1 is 1.50 bits per heavy atom. The standard InChI is InChI=1S/C11H16F2N2O3/c1-18-4-8(16)15-6-10(2-3-14-9(10)17)5-11(12,13)7-15/h2-7H2,1H3,(H,14,17)/t10-/m1/s1. The topological polar surface area (TPSA) is 58.6 Å². The number of amides is 2. The predicted molar refractivity (Wildman–Crippen MR) is 58.1 cm³/mol. The van der Waals surface area contributed by atoms with Crippen LogP contribution in [0.5, 0.6) is 0 Å². The van der Waals surface area contributed by atoms with E-state index in [1.54, 1.807) is 0 Å². The molecule has 5 nitrogen and oxygen atoms in total. The summed E-state index contributed by atoms with van der Waals surface area (Å²) in [5, 5.41) is 2.57. The van der Waals surface area contributed by atoms with Crippen LogP contribution in [0.1, 0.15) is 12.8 Å². The van der Waals surface area contributed by atoms with Crippen molar-refractivity contribution in [3.05, 3.63) is 0 Å². The van der Waals surface area contributed by atoms with E-state index >= 15 is 0 Å². The summed E-state index contributed by atoms with van der Waals surface area (Å²) in [6.45, 7) is -0.435. The highest BCUT2D eigenvalue weighted by Gasteiger charge is 2.55. The van der Waals surface area contributed by atoms with Gasteiger partial charge in [-0.15, -0.1) is 0 Å². The molecule has 2 fully saturated rings. The zero-order valence-electron chi connectivity index (χ0n) is 10.2. The molecule has 2 rings (SSSR count). The molecule has 0 aromatic rings. The Kier molecular flexibility index (Phi) is 3.27. The Labute approximate surface area is 103 Å². The summed E-state index contributed by atoms with van der Waals surface area (Å²) in [6, 6.07) is 0. The number of carbonyl (C=O) groups excluding carboxylic acids is 2. The highest BCUT2D eigenvalue weighted by atomic mass is 19.3. The van der Waals surface area contributed by atoms with Crippen molar-refractivity contribution in [3.63, 3.8) is 0 Å². The van der Waals surface area contributed by atoms with Crippen LogP contribution in [0.25, 0.3) is 0 Å². The normalized spacial score (nSPS) is 30.6. The van der Waals surface area contributed by atoms with Crippen molar-refractivity contribution in [1.29, 1.82) is 0 Å². The van der Waals surface area contributed by atoms with Crippen LogP contribution in [-0.4, -0.2) is 56.0 Å². The SMILES string of the molecule is COCC(=O)N1CC(F)(F)C[C@]2(CCNC2=O)C1. The fourth-order valence-corrected chi connectivity index (χ4v) is 2.73. The third-order valence-electron chi connectivity index (χ3n) is 3.50.